The SMILES string of the molecule is CN(C)C1CCCN(c2ccc([N+](=O)[O-])cc2CBr)C1. The van der Waals surface area contributed by atoms with Crippen LogP contribution < -0.4 is 4.90 Å². The van der Waals surface area contributed by atoms with Crippen LogP contribution in [0.5, 0.6) is 0 Å². The zero-order valence-electron chi connectivity index (χ0n) is 11.9. The van der Waals surface area contributed by atoms with Crippen LogP contribution >= 0.6 is 15.9 Å². The molecule has 110 valence electrons. The summed E-state index contributed by atoms with van der Waals surface area (Å²) in [6, 6.07) is 5.69. The highest BCUT2D eigenvalue weighted by Crippen LogP contribution is 2.30. The highest BCUT2D eigenvalue weighted by Gasteiger charge is 2.23. The smallest absolute Gasteiger partial charge is 0.269 e. The van der Waals surface area contributed by atoms with Gasteiger partial charge >= 0.3 is 0 Å². The zero-order chi connectivity index (χ0) is 14.7. The summed E-state index contributed by atoms with van der Waals surface area (Å²) in [5.74, 6) is 0. The number of nitro groups is 1. The van der Waals surface area contributed by atoms with Crippen molar-refractivity contribution in [3.63, 3.8) is 0 Å². The Kier molecular flexibility index (Phi) is 4.99. The molecule has 1 unspecified atom stereocenters. The van der Waals surface area contributed by atoms with Gasteiger partial charge in [-0.3, -0.25) is 10.1 Å². The number of likely N-dealkylation sites (N-methyl/N-ethyl adjacent to an activating group) is 1. The van der Waals surface area contributed by atoms with Crippen molar-refractivity contribution in [3.05, 3.63) is 33.9 Å². The molecule has 0 bridgehead atoms. The fourth-order valence-corrected chi connectivity index (χ4v) is 3.15. The number of rotatable bonds is 4. The van der Waals surface area contributed by atoms with E-state index in [2.05, 4.69) is 39.8 Å². The molecule has 0 saturated carbocycles. The minimum absolute atomic E-state index is 0.157. The van der Waals surface area contributed by atoms with Crippen LogP contribution in [-0.4, -0.2) is 43.0 Å². The molecule has 20 heavy (non-hydrogen) atoms. The maximum atomic E-state index is 10.9. The molecule has 5 nitrogen and oxygen atoms in total. The number of nitro benzene ring substituents is 1. The lowest BCUT2D eigenvalue weighted by molar-refractivity contribution is -0.384. The van der Waals surface area contributed by atoms with Gasteiger partial charge in [0.05, 0.1) is 4.92 Å². The molecule has 0 spiro atoms. The third-order valence-corrected chi connectivity index (χ3v) is 4.49. The average molecular weight is 342 g/mol. The lowest BCUT2D eigenvalue weighted by atomic mass is 10.0. The number of anilines is 1. The first kappa shape index (κ1) is 15.3. The van der Waals surface area contributed by atoms with E-state index in [4.69, 9.17) is 0 Å². The normalized spacial score (nSPS) is 19.4. The van der Waals surface area contributed by atoms with Gasteiger partial charge in [-0.15, -0.1) is 0 Å². The van der Waals surface area contributed by atoms with E-state index in [1.54, 1.807) is 12.1 Å². The number of non-ortho nitro benzene ring substituents is 1. The van der Waals surface area contributed by atoms with Crippen LogP contribution in [0.15, 0.2) is 18.2 Å². The standard InChI is InChI=1S/C14H20BrN3O2/c1-16(2)13-4-3-7-17(10-13)14-6-5-12(18(19)20)8-11(14)9-15/h5-6,8,13H,3-4,7,9-10H2,1-2H3. The van der Waals surface area contributed by atoms with E-state index >= 15 is 0 Å². The topological polar surface area (TPSA) is 49.6 Å². The van der Waals surface area contributed by atoms with Crippen molar-refractivity contribution in [1.29, 1.82) is 0 Å². The van der Waals surface area contributed by atoms with Gasteiger partial charge in [0.1, 0.15) is 0 Å². The van der Waals surface area contributed by atoms with Gasteiger partial charge in [0.15, 0.2) is 0 Å². The Bertz CT molecular complexity index is 493. The van der Waals surface area contributed by atoms with Gasteiger partial charge in [0, 0.05) is 42.3 Å². The largest absolute Gasteiger partial charge is 0.370 e. The molecule has 1 saturated heterocycles. The molecule has 1 atom stereocenters. The van der Waals surface area contributed by atoms with E-state index in [0.717, 1.165) is 30.8 Å². The maximum absolute atomic E-state index is 10.9. The van der Waals surface area contributed by atoms with Crippen LogP contribution in [0, 0.1) is 10.1 Å². The molecule has 1 aromatic carbocycles. The first-order chi connectivity index (χ1) is 9.52. The van der Waals surface area contributed by atoms with E-state index in [1.165, 1.54) is 6.42 Å². The summed E-state index contributed by atoms with van der Waals surface area (Å²) in [5.41, 5.74) is 2.25. The molecule has 0 aliphatic carbocycles. The summed E-state index contributed by atoms with van der Waals surface area (Å²) in [4.78, 5) is 15.1. The average Bonchev–Trinajstić information content (AvgIpc) is 2.46. The molecule has 1 heterocycles. The molecule has 0 radical (unpaired) electrons. The van der Waals surface area contributed by atoms with Crippen molar-refractivity contribution in [1.82, 2.24) is 4.90 Å². The second-order valence-corrected chi connectivity index (χ2v) is 5.97. The molecule has 0 aromatic heterocycles. The fourth-order valence-electron chi connectivity index (χ4n) is 2.70. The fraction of sp³-hybridized carbons (Fsp3) is 0.571. The summed E-state index contributed by atoms with van der Waals surface area (Å²) in [6.45, 7) is 1.99. The lowest BCUT2D eigenvalue weighted by Crippen LogP contribution is -2.45. The van der Waals surface area contributed by atoms with Gasteiger partial charge < -0.3 is 9.80 Å². The molecular weight excluding hydrogens is 322 g/mol. The van der Waals surface area contributed by atoms with Gasteiger partial charge in [-0.1, -0.05) is 15.9 Å². The highest BCUT2D eigenvalue weighted by molar-refractivity contribution is 9.08. The molecule has 1 aliphatic heterocycles. The molecule has 2 rings (SSSR count). The Labute approximate surface area is 127 Å². The van der Waals surface area contributed by atoms with Crippen LogP contribution in [0.1, 0.15) is 18.4 Å². The van der Waals surface area contributed by atoms with Gasteiger partial charge in [0.2, 0.25) is 0 Å². The third-order valence-electron chi connectivity index (χ3n) is 3.89. The minimum Gasteiger partial charge on any atom is -0.370 e. The van der Waals surface area contributed by atoms with Gasteiger partial charge in [0.25, 0.3) is 5.69 Å². The first-order valence-corrected chi connectivity index (χ1v) is 7.89. The van der Waals surface area contributed by atoms with E-state index in [1.807, 2.05) is 6.07 Å². The van der Waals surface area contributed by atoms with E-state index in [9.17, 15) is 10.1 Å². The van der Waals surface area contributed by atoms with Crippen molar-refractivity contribution in [2.24, 2.45) is 0 Å². The molecule has 0 amide bonds. The van der Waals surface area contributed by atoms with Gasteiger partial charge in [-0.2, -0.15) is 0 Å². The summed E-state index contributed by atoms with van der Waals surface area (Å²) >= 11 is 3.44. The van der Waals surface area contributed by atoms with Crippen LogP contribution in [0.2, 0.25) is 0 Å². The Balaban J connectivity index is 2.25. The van der Waals surface area contributed by atoms with Crippen molar-refractivity contribution >= 4 is 27.3 Å². The molecular formula is C14H20BrN3O2. The van der Waals surface area contributed by atoms with Crippen molar-refractivity contribution in [2.75, 3.05) is 32.1 Å². The van der Waals surface area contributed by atoms with Crippen LogP contribution in [0.3, 0.4) is 0 Å². The number of hydrogen-bond acceptors (Lipinski definition) is 4. The summed E-state index contributed by atoms with van der Waals surface area (Å²) in [7, 11) is 4.21. The highest BCUT2D eigenvalue weighted by atomic mass is 79.9. The van der Waals surface area contributed by atoms with Gasteiger partial charge in [-0.05, 0) is 38.6 Å². The summed E-state index contributed by atoms with van der Waals surface area (Å²) in [5, 5.41) is 11.5. The summed E-state index contributed by atoms with van der Waals surface area (Å²) in [6.07, 6.45) is 2.36. The predicted octanol–water partition coefficient (Wildman–Crippen LogP) is 3.02. The quantitative estimate of drug-likeness (QED) is 0.479. The predicted molar refractivity (Wildman–Crippen MR) is 84.6 cm³/mol. The Hall–Kier alpha value is -1.14. The number of hydrogen-bond donors (Lipinski definition) is 0. The monoisotopic (exact) mass is 341 g/mol. The van der Waals surface area contributed by atoms with Gasteiger partial charge in [-0.25, -0.2) is 0 Å². The van der Waals surface area contributed by atoms with Crippen molar-refractivity contribution in [3.8, 4) is 0 Å². The Morgan fingerprint density at radius 3 is 2.85 bits per heavy atom. The lowest BCUT2D eigenvalue weighted by Gasteiger charge is -2.38. The van der Waals surface area contributed by atoms with Crippen molar-refractivity contribution in [2.45, 2.75) is 24.2 Å². The van der Waals surface area contributed by atoms with E-state index in [-0.39, 0.29) is 10.6 Å². The second kappa shape index (κ2) is 6.54. The molecule has 1 aromatic rings. The Morgan fingerprint density at radius 2 is 2.25 bits per heavy atom. The first-order valence-electron chi connectivity index (χ1n) is 6.77. The second-order valence-electron chi connectivity index (χ2n) is 5.41. The number of piperidine rings is 1. The molecule has 1 fully saturated rings. The zero-order valence-corrected chi connectivity index (χ0v) is 13.5. The summed E-state index contributed by atoms with van der Waals surface area (Å²) < 4.78 is 0. The molecule has 1 aliphatic rings. The van der Waals surface area contributed by atoms with Crippen LogP contribution in [0.4, 0.5) is 11.4 Å². The maximum Gasteiger partial charge on any atom is 0.269 e. The van der Waals surface area contributed by atoms with Crippen molar-refractivity contribution < 1.29 is 4.92 Å². The van der Waals surface area contributed by atoms with Crippen LogP contribution in [-0.2, 0) is 5.33 Å². The number of alkyl halides is 1. The molecule has 6 heteroatoms. The molecule has 0 N–H and O–H groups in total. The Morgan fingerprint density at radius 1 is 1.50 bits per heavy atom. The van der Waals surface area contributed by atoms with E-state index in [0.29, 0.717) is 11.4 Å². The van der Waals surface area contributed by atoms with Crippen LogP contribution in [0.25, 0.3) is 0 Å². The third kappa shape index (κ3) is 3.30. The number of nitrogens with zero attached hydrogens (tertiary/aromatic N) is 3. The van der Waals surface area contributed by atoms with E-state index < -0.39 is 0 Å². The number of benzene rings is 1. The minimum atomic E-state index is -0.339. The number of halogens is 1.